The van der Waals surface area contributed by atoms with E-state index in [0.717, 1.165) is 6.42 Å². The summed E-state index contributed by atoms with van der Waals surface area (Å²) in [5.41, 5.74) is 0.272. The van der Waals surface area contributed by atoms with Crippen molar-refractivity contribution in [1.29, 1.82) is 0 Å². The van der Waals surface area contributed by atoms with Gasteiger partial charge in [0, 0.05) is 0 Å². The van der Waals surface area contributed by atoms with E-state index in [2.05, 4.69) is 27.7 Å². The van der Waals surface area contributed by atoms with E-state index in [9.17, 15) is 0 Å². The summed E-state index contributed by atoms with van der Waals surface area (Å²) in [6.45, 7) is 10.6. The van der Waals surface area contributed by atoms with Gasteiger partial charge in [0.2, 0.25) is 0 Å². The molecule has 0 aliphatic heterocycles. The predicted octanol–water partition coefficient (Wildman–Crippen LogP) is 2.44. The van der Waals surface area contributed by atoms with Gasteiger partial charge in [-0.2, -0.15) is 0 Å². The van der Waals surface area contributed by atoms with Gasteiger partial charge in [-0.05, 0) is 24.7 Å². The predicted molar refractivity (Wildman–Crippen MR) is 44.9 cm³/mol. The second-order valence-corrected chi connectivity index (χ2v) is 4.20. The van der Waals surface area contributed by atoms with Crippen LogP contribution in [0.15, 0.2) is 0 Å². The molecule has 0 radical (unpaired) electrons. The Morgan fingerprint density at radius 2 is 1.60 bits per heavy atom. The van der Waals surface area contributed by atoms with Gasteiger partial charge < -0.3 is 5.11 Å². The summed E-state index contributed by atoms with van der Waals surface area (Å²) in [6.07, 6.45) is 0.724. The molecule has 0 fully saturated rings. The minimum atomic E-state index is -0.169. The van der Waals surface area contributed by atoms with Gasteiger partial charge in [-0.15, -0.1) is 0 Å². The second-order valence-electron chi connectivity index (χ2n) is 4.20. The van der Waals surface area contributed by atoms with Crippen LogP contribution in [0.25, 0.3) is 0 Å². The zero-order valence-corrected chi connectivity index (χ0v) is 7.81. The summed E-state index contributed by atoms with van der Waals surface area (Å²) in [5, 5.41) is 9.14. The van der Waals surface area contributed by atoms with Gasteiger partial charge in [-0.25, -0.2) is 0 Å². The quantitative estimate of drug-likeness (QED) is 0.645. The first-order chi connectivity index (χ1) is 4.36. The highest BCUT2D eigenvalue weighted by Gasteiger charge is 2.23. The summed E-state index contributed by atoms with van der Waals surface area (Å²) in [7, 11) is 0. The highest BCUT2D eigenvalue weighted by atomic mass is 16.3. The van der Waals surface area contributed by atoms with Crippen LogP contribution in [0, 0.1) is 11.3 Å². The van der Waals surface area contributed by atoms with Crippen molar-refractivity contribution in [1.82, 2.24) is 0 Å². The highest BCUT2D eigenvalue weighted by molar-refractivity contribution is 4.74. The molecule has 0 aliphatic rings. The molecule has 0 aromatic carbocycles. The van der Waals surface area contributed by atoms with Gasteiger partial charge >= 0.3 is 0 Å². The summed E-state index contributed by atoms with van der Waals surface area (Å²) >= 11 is 0. The molecular formula is C9H20O. The van der Waals surface area contributed by atoms with E-state index in [0.29, 0.717) is 5.92 Å². The first kappa shape index (κ1) is 9.96. The van der Waals surface area contributed by atoms with Crippen molar-refractivity contribution in [3.05, 3.63) is 0 Å². The Bertz CT molecular complexity index is 92.9. The van der Waals surface area contributed by atoms with Crippen LogP contribution in [0.3, 0.4) is 0 Å². The van der Waals surface area contributed by atoms with Crippen LogP contribution in [0.4, 0.5) is 0 Å². The summed E-state index contributed by atoms with van der Waals surface area (Å²) < 4.78 is 0. The van der Waals surface area contributed by atoms with Crippen molar-refractivity contribution >= 4 is 0 Å². The van der Waals surface area contributed by atoms with Crippen molar-refractivity contribution in [3.8, 4) is 0 Å². The standard InChI is InChI=1S/C9H20O/c1-7(2)9(4,5)6-8(3)10/h7-8,10H,6H2,1-5H3/t8-/m1/s1. The Morgan fingerprint density at radius 1 is 1.20 bits per heavy atom. The Labute approximate surface area is 64.5 Å². The molecule has 0 bridgehead atoms. The summed E-state index contributed by atoms with van der Waals surface area (Å²) in [6, 6.07) is 0. The molecule has 1 nitrogen and oxygen atoms in total. The normalized spacial score (nSPS) is 15.9. The molecule has 0 amide bonds. The molecule has 62 valence electrons. The molecular weight excluding hydrogens is 124 g/mol. The van der Waals surface area contributed by atoms with Crippen LogP contribution in [0.2, 0.25) is 0 Å². The molecule has 1 atom stereocenters. The zero-order valence-electron chi connectivity index (χ0n) is 7.81. The van der Waals surface area contributed by atoms with Gasteiger partial charge in [0.15, 0.2) is 0 Å². The average molecular weight is 144 g/mol. The molecule has 0 spiro atoms. The smallest absolute Gasteiger partial charge is 0.0517 e. The summed E-state index contributed by atoms with van der Waals surface area (Å²) in [5.74, 6) is 0.641. The first-order valence-electron chi connectivity index (χ1n) is 4.04. The number of hydrogen-bond donors (Lipinski definition) is 1. The van der Waals surface area contributed by atoms with Crippen LogP contribution in [0.1, 0.15) is 41.0 Å². The van der Waals surface area contributed by atoms with Crippen molar-refractivity contribution in [2.24, 2.45) is 11.3 Å². The Morgan fingerprint density at radius 3 is 1.70 bits per heavy atom. The van der Waals surface area contributed by atoms with E-state index in [1.807, 2.05) is 6.92 Å². The minimum Gasteiger partial charge on any atom is -0.393 e. The molecule has 1 N–H and O–H groups in total. The maximum atomic E-state index is 9.14. The van der Waals surface area contributed by atoms with E-state index in [1.165, 1.54) is 0 Å². The summed E-state index contributed by atoms with van der Waals surface area (Å²) in [4.78, 5) is 0. The molecule has 1 heteroatoms. The lowest BCUT2D eigenvalue weighted by Crippen LogP contribution is -2.24. The van der Waals surface area contributed by atoms with Crippen molar-refractivity contribution in [3.63, 3.8) is 0 Å². The molecule has 0 aromatic rings. The number of rotatable bonds is 3. The Kier molecular flexibility index (Phi) is 3.37. The van der Waals surface area contributed by atoms with Gasteiger partial charge in [-0.3, -0.25) is 0 Å². The largest absolute Gasteiger partial charge is 0.393 e. The SMILES string of the molecule is CC(C)C(C)(C)C[C@@H](C)O. The van der Waals surface area contributed by atoms with Crippen molar-refractivity contribution < 1.29 is 5.11 Å². The van der Waals surface area contributed by atoms with Gasteiger partial charge in [0.1, 0.15) is 0 Å². The van der Waals surface area contributed by atoms with E-state index in [4.69, 9.17) is 5.11 Å². The molecule has 0 aromatic heterocycles. The van der Waals surface area contributed by atoms with Crippen LogP contribution >= 0.6 is 0 Å². The average Bonchev–Trinajstić information content (AvgIpc) is 1.60. The molecule has 0 saturated heterocycles. The van der Waals surface area contributed by atoms with Gasteiger partial charge in [0.25, 0.3) is 0 Å². The maximum absolute atomic E-state index is 9.14. The number of aliphatic hydroxyl groups excluding tert-OH is 1. The molecule has 0 aliphatic carbocycles. The van der Waals surface area contributed by atoms with Crippen LogP contribution in [-0.4, -0.2) is 11.2 Å². The second kappa shape index (κ2) is 3.38. The van der Waals surface area contributed by atoms with Crippen LogP contribution < -0.4 is 0 Å². The number of aliphatic hydroxyl groups is 1. The van der Waals surface area contributed by atoms with Gasteiger partial charge in [0.05, 0.1) is 6.10 Å². The van der Waals surface area contributed by atoms with E-state index in [1.54, 1.807) is 0 Å². The lowest BCUT2D eigenvalue weighted by atomic mass is 9.77. The lowest BCUT2D eigenvalue weighted by Gasteiger charge is -2.30. The Balaban J connectivity index is 3.87. The molecule has 0 unspecified atom stereocenters. The van der Waals surface area contributed by atoms with E-state index < -0.39 is 0 Å². The third kappa shape index (κ3) is 3.21. The first-order valence-corrected chi connectivity index (χ1v) is 4.04. The fourth-order valence-corrected chi connectivity index (χ4v) is 0.997. The van der Waals surface area contributed by atoms with Gasteiger partial charge in [-0.1, -0.05) is 27.7 Å². The Hall–Kier alpha value is -0.0400. The third-order valence-corrected chi connectivity index (χ3v) is 2.38. The minimum absolute atomic E-state index is 0.169. The van der Waals surface area contributed by atoms with Crippen molar-refractivity contribution in [2.75, 3.05) is 0 Å². The van der Waals surface area contributed by atoms with Crippen molar-refractivity contribution in [2.45, 2.75) is 47.1 Å². The van der Waals surface area contributed by atoms with Crippen LogP contribution in [0.5, 0.6) is 0 Å². The fraction of sp³-hybridized carbons (Fsp3) is 1.00. The molecule has 10 heavy (non-hydrogen) atoms. The lowest BCUT2D eigenvalue weighted by molar-refractivity contribution is 0.102. The number of hydrogen-bond acceptors (Lipinski definition) is 1. The maximum Gasteiger partial charge on any atom is 0.0517 e. The van der Waals surface area contributed by atoms with Crippen LogP contribution in [-0.2, 0) is 0 Å². The monoisotopic (exact) mass is 144 g/mol. The zero-order chi connectivity index (χ0) is 8.36. The molecule has 0 saturated carbocycles. The fourth-order valence-electron chi connectivity index (χ4n) is 0.997. The molecule has 0 heterocycles. The van der Waals surface area contributed by atoms with E-state index in [-0.39, 0.29) is 11.5 Å². The highest BCUT2D eigenvalue weighted by Crippen LogP contribution is 2.30. The van der Waals surface area contributed by atoms with E-state index >= 15 is 0 Å². The molecule has 0 rings (SSSR count). The topological polar surface area (TPSA) is 20.2 Å². The third-order valence-electron chi connectivity index (χ3n) is 2.38.